The first-order valence-corrected chi connectivity index (χ1v) is 7.90. The first kappa shape index (κ1) is 22.4. The highest BCUT2D eigenvalue weighted by Gasteiger charge is 2.58. The molecule has 0 aromatic carbocycles. The minimum atomic E-state index is -2.56. The highest BCUT2D eigenvalue weighted by atomic mass is 32.1. The Hall–Kier alpha value is -2.67. The Morgan fingerprint density at radius 1 is 1.30 bits per heavy atom. The molecule has 13 nitrogen and oxygen atoms in total. The third-order valence-electron chi connectivity index (χ3n) is 3.26. The zero-order valence-electron chi connectivity index (χ0n) is 14.6. The molecule has 27 heavy (non-hydrogen) atoms. The van der Waals surface area contributed by atoms with Crippen LogP contribution in [0.25, 0.3) is 10.4 Å². The maximum absolute atomic E-state index is 11.5. The molecule has 0 aromatic heterocycles. The molecule has 0 aliphatic carbocycles. The molecule has 0 unspecified atom stereocenters. The number of nitrogens with one attached hydrogen (secondary N) is 1. The van der Waals surface area contributed by atoms with Crippen molar-refractivity contribution in [2.45, 2.75) is 51.0 Å². The number of hydrogen-bond donors (Lipinski definition) is 3. The molecule has 4 N–H and O–H groups in total. The molecule has 1 aliphatic heterocycles. The second-order valence-electron chi connectivity index (χ2n) is 5.44. The van der Waals surface area contributed by atoms with Crippen LogP contribution in [0.5, 0.6) is 0 Å². The van der Waals surface area contributed by atoms with E-state index in [0.29, 0.717) is 0 Å². The number of rotatable bonds is 6. The highest BCUT2D eigenvalue weighted by molar-refractivity contribution is 7.80. The molecule has 150 valence electrons. The molecule has 1 heterocycles. The molecule has 0 aromatic rings. The van der Waals surface area contributed by atoms with Gasteiger partial charge in [0.25, 0.3) is 5.91 Å². The maximum Gasteiger partial charge on any atom is 0.303 e. The molecule has 5 atom stereocenters. The van der Waals surface area contributed by atoms with E-state index in [1.165, 1.54) is 0 Å². The summed E-state index contributed by atoms with van der Waals surface area (Å²) in [7, 11) is 0. The smallest absolute Gasteiger partial charge is 0.303 e. The van der Waals surface area contributed by atoms with Crippen molar-refractivity contribution in [1.82, 2.24) is 5.32 Å². The molecule has 0 saturated carbocycles. The van der Waals surface area contributed by atoms with Crippen LogP contribution >= 0.6 is 12.2 Å². The summed E-state index contributed by atoms with van der Waals surface area (Å²) in [6.07, 6.45) is -4.38. The number of hydrogen-bond acceptors (Lipinski definition) is 10. The Labute approximate surface area is 158 Å². The molecule has 14 heteroatoms. The van der Waals surface area contributed by atoms with E-state index < -0.39 is 59.9 Å². The Morgan fingerprint density at radius 2 is 1.89 bits per heavy atom. The topological polar surface area (TPSA) is 195 Å². The molecule has 0 radical (unpaired) electrons. The molecule has 1 aliphatic rings. The average Bonchev–Trinajstić information content (AvgIpc) is 2.50. The highest BCUT2D eigenvalue weighted by Crippen LogP contribution is 2.33. The minimum absolute atomic E-state index is 0.438. The Balaban J connectivity index is 3.42. The molecule has 0 bridgehead atoms. The maximum atomic E-state index is 11.5. The van der Waals surface area contributed by atoms with Gasteiger partial charge in [-0.25, -0.2) is 0 Å². The summed E-state index contributed by atoms with van der Waals surface area (Å²) in [6, 6.07) is -1.47. The average molecular weight is 405 g/mol. The van der Waals surface area contributed by atoms with Crippen LogP contribution in [0.15, 0.2) is 5.11 Å². The van der Waals surface area contributed by atoms with Crippen molar-refractivity contribution < 1.29 is 38.4 Å². The molecular formula is C13H19N5O8S. The SMILES string of the molecule is CC(=O)OC[C@H]1O[C@](O)(NC(N)=S)[C@H](OC(C)=O)[C@@H](N=[N+]=[N-])[C@H]1OC(C)=O. The zero-order valence-corrected chi connectivity index (χ0v) is 15.5. The first-order chi connectivity index (χ1) is 12.5. The van der Waals surface area contributed by atoms with Crippen LogP contribution in [0.4, 0.5) is 0 Å². The van der Waals surface area contributed by atoms with Crippen LogP contribution in [0.3, 0.4) is 0 Å². The zero-order chi connectivity index (χ0) is 20.8. The molecular weight excluding hydrogens is 386 g/mol. The number of carbonyl (C=O) groups excluding carboxylic acids is 3. The third-order valence-corrected chi connectivity index (χ3v) is 3.37. The molecule has 0 spiro atoms. The van der Waals surface area contributed by atoms with Crippen molar-refractivity contribution in [1.29, 1.82) is 0 Å². The van der Waals surface area contributed by atoms with Gasteiger partial charge in [0.15, 0.2) is 11.2 Å². The fourth-order valence-corrected chi connectivity index (χ4v) is 2.59. The fourth-order valence-electron chi connectivity index (χ4n) is 2.45. The van der Waals surface area contributed by atoms with Crippen LogP contribution in [-0.2, 0) is 33.3 Å². The normalized spacial score (nSPS) is 29.6. The summed E-state index contributed by atoms with van der Waals surface area (Å²) in [5.41, 5.74) is 14.2. The molecule has 1 saturated heterocycles. The fraction of sp³-hybridized carbons (Fsp3) is 0.692. The lowest BCUT2D eigenvalue weighted by Gasteiger charge is -2.47. The van der Waals surface area contributed by atoms with Crippen molar-refractivity contribution in [2.75, 3.05) is 6.61 Å². The van der Waals surface area contributed by atoms with E-state index in [1.807, 2.05) is 0 Å². The number of nitrogens with zero attached hydrogens (tertiary/aromatic N) is 3. The van der Waals surface area contributed by atoms with E-state index in [-0.39, 0.29) is 0 Å². The van der Waals surface area contributed by atoms with Gasteiger partial charge in [0.1, 0.15) is 24.9 Å². The minimum Gasteiger partial charge on any atom is -0.463 e. The van der Waals surface area contributed by atoms with Gasteiger partial charge in [-0.15, -0.1) is 0 Å². The summed E-state index contributed by atoms with van der Waals surface area (Å²) in [5.74, 6) is -4.90. The van der Waals surface area contributed by atoms with Crippen LogP contribution in [0.2, 0.25) is 0 Å². The van der Waals surface area contributed by atoms with Crippen molar-refractivity contribution >= 4 is 35.2 Å². The standard InChI is InChI=1S/C13H19N5O8S/c1-5(19)23-4-8-10(24-6(2)20)9(17-18-15)11(25-7(3)21)13(22,26-8)16-12(14)27/h8-11,22H,4H2,1-3H3,(H3,14,16,27)/t8-,9+,10+,11-,13+/m1/s1. The number of carbonyl (C=O) groups is 3. The largest absolute Gasteiger partial charge is 0.463 e. The van der Waals surface area contributed by atoms with Crippen molar-refractivity contribution in [3.8, 4) is 0 Å². The van der Waals surface area contributed by atoms with Gasteiger partial charge < -0.3 is 35.1 Å². The van der Waals surface area contributed by atoms with Crippen LogP contribution in [0, 0.1) is 0 Å². The summed E-state index contributed by atoms with van der Waals surface area (Å²) in [4.78, 5) is 36.7. The van der Waals surface area contributed by atoms with Crippen molar-refractivity contribution in [2.24, 2.45) is 10.8 Å². The van der Waals surface area contributed by atoms with Gasteiger partial charge in [0.05, 0.1) is 0 Å². The molecule has 1 rings (SSSR count). The number of thiocarbonyl (C=S) groups is 1. The third kappa shape index (κ3) is 6.21. The van der Waals surface area contributed by atoms with Gasteiger partial charge in [0, 0.05) is 25.7 Å². The van der Waals surface area contributed by atoms with E-state index in [2.05, 4.69) is 27.6 Å². The second kappa shape index (κ2) is 9.32. The lowest BCUT2D eigenvalue weighted by Crippen LogP contribution is -2.72. The number of azide groups is 1. The summed E-state index contributed by atoms with van der Waals surface area (Å²) in [5, 5.41) is 16.0. The summed E-state index contributed by atoms with van der Waals surface area (Å²) in [6.45, 7) is 2.74. The van der Waals surface area contributed by atoms with E-state index >= 15 is 0 Å². The van der Waals surface area contributed by atoms with E-state index in [1.54, 1.807) is 0 Å². The monoisotopic (exact) mass is 405 g/mol. The van der Waals surface area contributed by atoms with Crippen LogP contribution in [-0.4, -0.2) is 65.0 Å². The lowest BCUT2D eigenvalue weighted by molar-refractivity contribution is -0.338. The Bertz CT molecular complexity index is 669. The van der Waals surface area contributed by atoms with Gasteiger partial charge in [-0.05, 0) is 17.7 Å². The van der Waals surface area contributed by atoms with Gasteiger partial charge in [0.2, 0.25) is 0 Å². The van der Waals surface area contributed by atoms with Crippen LogP contribution in [0.1, 0.15) is 20.8 Å². The van der Waals surface area contributed by atoms with Gasteiger partial charge in [-0.2, -0.15) is 0 Å². The summed E-state index contributed by atoms with van der Waals surface area (Å²) < 4.78 is 20.3. The molecule has 0 amide bonds. The molecule has 1 fully saturated rings. The second-order valence-corrected chi connectivity index (χ2v) is 5.88. The van der Waals surface area contributed by atoms with Gasteiger partial charge in [-0.1, -0.05) is 5.11 Å². The quantitative estimate of drug-likeness (QED) is 0.0929. The number of aliphatic hydroxyl groups is 1. The Morgan fingerprint density at radius 3 is 2.33 bits per heavy atom. The number of nitrogens with two attached hydrogens (primary N) is 1. The predicted molar refractivity (Wildman–Crippen MR) is 90.4 cm³/mol. The van der Waals surface area contributed by atoms with Gasteiger partial charge in [-0.3, -0.25) is 14.4 Å². The van der Waals surface area contributed by atoms with E-state index in [9.17, 15) is 19.5 Å². The lowest BCUT2D eigenvalue weighted by atomic mass is 9.94. The summed E-state index contributed by atoms with van der Waals surface area (Å²) >= 11 is 4.67. The first-order valence-electron chi connectivity index (χ1n) is 7.50. The number of esters is 3. The van der Waals surface area contributed by atoms with Crippen molar-refractivity contribution in [3.63, 3.8) is 0 Å². The van der Waals surface area contributed by atoms with E-state index in [0.717, 1.165) is 20.8 Å². The Kier molecular flexibility index (Phi) is 7.72. The number of ether oxygens (including phenoxy) is 4. The van der Waals surface area contributed by atoms with Crippen molar-refractivity contribution in [3.05, 3.63) is 10.4 Å². The van der Waals surface area contributed by atoms with Crippen LogP contribution < -0.4 is 11.1 Å². The van der Waals surface area contributed by atoms with Gasteiger partial charge >= 0.3 is 17.9 Å². The van der Waals surface area contributed by atoms with E-state index in [4.69, 9.17) is 30.2 Å². The predicted octanol–water partition coefficient (Wildman–Crippen LogP) is -1.03.